The van der Waals surface area contributed by atoms with Gasteiger partial charge in [0.15, 0.2) is 0 Å². The van der Waals surface area contributed by atoms with E-state index in [-0.39, 0.29) is 5.56 Å². The van der Waals surface area contributed by atoms with Crippen molar-refractivity contribution in [1.82, 2.24) is 0 Å². The first kappa shape index (κ1) is 15.3. The summed E-state index contributed by atoms with van der Waals surface area (Å²) in [5.74, 6) is 0. The van der Waals surface area contributed by atoms with Crippen LogP contribution < -0.4 is 0 Å². The molecule has 1 radical (unpaired) electrons. The quantitative estimate of drug-likeness (QED) is 0.532. The molecule has 0 nitrogen and oxygen atoms in total. The zero-order valence-corrected chi connectivity index (χ0v) is 12.5. The minimum atomic E-state index is -4.42. The van der Waals surface area contributed by atoms with Gasteiger partial charge in [0.25, 0.3) is 0 Å². The second-order valence-corrected chi connectivity index (χ2v) is 5.37. The molecule has 0 saturated heterocycles. The van der Waals surface area contributed by atoms with E-state index >= 15 is 0 Å². The second-order valence-electron chi connectivity index (χ2n) is 5.37. The lowest BCUT2D eigenvalue weighted by Crippen LogP contribution is -2.08. The summed E-state index contributed by atoms with van der Waals surface area (Å²) in [6.45, 7) is 1.94. The zero-order chi connectivity index (χ0) is 16.4. The van der Waals surface area contributed by atoms with Gasteiger partial charge < -0.3 is 0 Å². The maximum atomic E-state index is 13.5. The topological polar surface area (TPSA) is 0 Å². The van der Waals surface area contributed by atoms with Crippen molar-refractivity contribution in [2.75, 3.05) is 0 Å². The first-order valence-corrected chi connectivity index (χ1v) is 7.21. The van der Waals surface area contributed by atoms with E-state index in [9.17, 15) is 13.2 Å². The fourth-order valence-corrected chi connectivity index (χ4v) is 2.59. The smallest absolute Gasteiger partial charge is 0.166 e. The van der Waals surface area contributed by atoms with E-state index in [0.29, 0.717) is 11.1 Å². The van der Waals surface area contributed by atoms with Gasteiger partial charge in [-0.25, -0.2) is 0 Å². The molecule has 0 fully saturated rings. The predicted molar refractivity (Wildman–Crippen MR) is 85.9 cm³/mol. The van der Waals surface area contributed by atoms with Gasteiger partial charge in [0.2, 0.25) is 0 Å². The molecular formula is C20H14F3. The molecule has 0 bridgehead atoms. The summed E-state index contributed by atoms with van der Waals surface area (Å²) in [5, 5.41) is 0. The van der Waals surface area contributed by atoms with Crippen molar-refractivity contribution in [1.29, 1.82) is 0 Å². The highest BCUT2D eigenvalue weighted by Crippen LogP contribution is 2.42. The average molecular weight is 311 g/mol. The largest absolute Gasteiger partial charge is 0.417 e. The van der Waals surface area contributed by atoms with Crippen LogP contribution in [0.15, 0.2) is 66.7 Å². The Morgan fingerprint density at radius 2 is 1.43 bits per heavy atom. The van der Waals surface area contributed by atoms with Gasteiger partial charge in [-0.1, -0.05) is 66.2 Å². The molecule has 0 unspecified atom stereocenters. The predicted octanol–water partition coefficient (Wildman–Crippen LogP) is 6.15. The molecule has 115 valence electrons. The van der Waals surface area contributed by atoms with Crippen LogP contribution in [-0.2, 0) is 6.18 Å². The van der Waals surface area contributed by atoms with E-state index in [0.717, 1.165) is 17.2 Å². The van der Waals surface area contributed by atoms with Crippen LogP contribution in [0.25, 0.3) is 22.3 Å². The molecule has 0 aliphatic rings. The van der Waals surface area contributed by atoms with Crippen molar-refractivity contribution in [3.8, 4) is 22.3 Å². The number of rotatable bonds is 2. The summed E-state index contributed by atoms with van der Waals surface area (Å²) in [4.78, 5) is 0. The molecule has 23 heavy (non-hydrogen) atoms. The molecule has 0 heterocycles. The normalized spacial score (nSPS) is 11.5. The van der Waals surface area contributed by atoms with Crippen LogP contribution in [0, 0.1) is 13.0 Å². The van der Waals surface area contributed by atoms with E-state index < -0.39 is 11.7 Å². The number of hydrogen-bond donors (Lipinski definition) is 0. The van der Waals surface area contributed by atoms with Crippen LogP contribution in [-0.4, -0.2) is 0 Å². The van der Waals surface area contributed by atoms with Crippen LogP contribution in [0.4, 0.5) is 13.2 Å². The van der Waals surface area contributed by atoms with Gasteiger partial charge in [0, 0.05) is 5.56 Å². The molecule has 0 aliphatic carbocycles. The van der Waals surface area contributed by atoms with E-state index in [4.69, 9.17) is 0 Å². The Morgan fingerprint density at radius 1 is 0.783 bits per heavy atom. The summed E-state index contributed by atoms with van der Waals surface area (Å²) in [6.07, 6.45) is -4.42. The Balaban J connectivity index is 2.30. The Bertz CT molecular complexity index is 801. The van der Waals surface area contributed by atoms with Gasteiger partial charge >= 0.3 is 6.18 Å². The van der Waals surface area contributed by atoms with E-state index in [2.05, 4.69) is 6.07 Å². The third kappa shape index (κ3) is 3.14. The van der Waals surface area contributed by atoms with Crippen LogP contribution in [0.1, 0.15) is 11.1 Å². The minimum absolute atomic E-state index is 0.171. The molecule has 0 amide bonds. The minimum Gasteiger partial charge on any atom is -0.166 e. The molecule has 0 N–H and O–H groups in total. The van der Waals surface area contributed by atoms with Crippen LogP contribution in [0.3, 0.4) is 0 Å². The lowest BCUT2D eigenvalue weighted by atomic mass is 9.90. The third-order valence-corrected chi connectivity index (χ3v) is 3.71. The molecular weight excluding hydrogens is 297 g/mol. The van der Waals surface area contributed by atoms with Crippen molar-refractivity contribution in [3.63, 3.8) is 0 Å². The van der Waals surface area contributed by atoms with Crippen molar-refractivity contribution in [3.05, 3.63) is 83.9 Å². The highest BCUT2D eigenvalue weighted by molar-refractivity contribution is 5.85. The molecule has 0 saturated carbocycles. The van der Waals surface area contributed by atoms with Crippen molar-refractivity contribution in [2.45, 2.75) is 13.1 Å². The summed E-state index contributed by atoms with van der Waals surface area (Å²) >= 11 is 0. The van der Waals surface area contributed by atoms with Gasteiger partial charge in [-0.05, 0) is 35.7 Å². The Kier molecular flexibility index (Phi) is 3.95. The maximum Gasteiger partial charge on any atom is 0.417 e. The number of aryl methyl sites for hydroxylation is 1. The number of hydrogen-bond acceptors (Lipinski definition) is 0. The Hall–Kier alpha value is -2.55. The van der Waals surface area contributed by atoms with Crippen molar-refractivity contribution >= 4 is 0 Å². The fraction of sp³-hybridized carbons (Fsp3) is 0.100. The van der Waals surface area contributed by atoms with E-state index in [1.165, 1.54) is 6.07 Å². The van der Waals surface area contributed by atoms with Crippen LogP contribution >= 0.6 is 0 Å². The zero-order valence-electron chi connectivity index (χ0n) is 12.5. The summed E-state index contributed by atoms with van der Waals surface area (Å²) in [6, 6.07) is 21.5. The molecule has 3 aromatic rings. The molecule has 3 rings (SSSR count). The highest BCUT2D eigenvalue weighted by Gasteiger charge is 2.34. The van der Waals surface area contributed by atoms with Crippen LogP contribution in [0.5, 0.6) is 0 Å². The first-order valence-electron chi connectivity index (χ1n) is 7.21. The fourth-order valence-electron chi connectivity index (χ4n) is 2.59. The summed E-state index contributed by atoms with van der Waals surface area (Å²) < 4.78 is 40.4. The van der Waals surface area contributed by atoms with Gasteiger partial charge in [0.05, 0.1) is 5.56 Å². The third-order valence-electron chi connectivity index (χ3n) is 3.71. The number of alkyl halides is 3. The van der Waals surface area contributed by atoms with Gasteiger partial charge in [-0.2, -0.15) is 13.2 Å². The van der Waals surface area contributed by atoms with E-state index in [1.807, 2.05) is 31.2 Å². The molecule has 0 aromatic heterocycles. The lowest BCUT2D eigenvalue weighted by molar-refractivity contribution is -0.137. The monoisotopic (exact) mass is 311 g/mol. The molecule has 0 atom stereocenters. The number of benzene rings is 3. The molecule has 3 aromatic carbocycles. The Labute approximate surface area is 133 Å². The van der Waals surface area contributed by atoms with Gasteiger partial charge in [-0.3, -0.25) is 0 Å². The van der Waals surface area contributed by atoms with E-state index in [1.54, 1.807) is 30.3 Å². The molecule has 3 heteroatoms. The van der Waals surface area contributed by atoms with Crippen LogP contribution in [0.2, 0.25) is 0 Å². The summed E-state index contributed by atoms with van der Waals surface area (Å²) in [7, 11) is 0. The van der Waals surface area contributed by atoms with Gasteiger partial charge in [0.1, 0.15) is 0 Å². The highest BCUT2D eigenvalue weighted by atomic mass is 19.4. The van der Waals surface area contributed by atoms with Crippen molar-refractivity contribution in [2.24, 2.45) is 0 Å². The Morgan fingerprint density at radius 3 is 2.04 bits per heavy atom. The lowest BCUT2D eigenvalue weighted by Gasteiger charge is -2.17. The molecule has 0 aliphatic heterocycles. The summed E-state index contributed by atoms with van der Waals surface area (Å²) in [5.41, 5.74) is 2.31. The SMILES string of the molecule is Cc1ccc(-c2[c]ccc(C(F)(F)F)c2-c2ccccc2)cc1. The second kappa shape index (κ2) is 5.92. The van der Waals surface area contributed by atoms with Crippen molar-refractivity contribution < 1.29 is 13.2 Å². The standard InChI is InChI=1S/C20H14F3/c1-14-10-12-15(13-11-14)17-8-5-9-18(20(21,22)23)19(17)16-6-3-2-4-7-16/h2-7,9-13H,1H3. The average Bonchev–Trinajstić information content (AvgIpc) is 2.55. The molecule has 0 spiro atoms. The maximum absolute atomic E-state index is 13.5. The number of halogens is 3. The first-order chi connectivity index (χ1) is 11.0. The van der Waals surface area contributed by atoms with Gasteiger partial charge in [-0.15, -0.1) is 0 Å².